The topological polar surface area (TPSA) is 71.0 Å². The van der Waals surface area contributed by atoms with Crippen LogP contribution in [0.3, 0.4) is 0 Å². The molecule has 2 amide bonds. The van der Waals surface area contributed by atoms with Crippen LogP contribution in [-0.4, -0.2) is 40.8 Å². The Morgan fingerprint density at radius 3 is 2.60 bits per heavy atom. The summed E-state index contributed by atoms with van der Waals surface area (Å²) in [5.41, 5.74) is 2.95. The molecule has 0 aliphatic carbocycles. The third kappa shape index (κ3) is 6.27. The molecule has 0 spiro atoms. The second-order valence-electron chi connectivity index (χ2n) is 8.16. The van der Waals surface area contributed by atoms with Gasteiger partial charge in [-0.25, -0.2) is 9.38 Å². The van der Waals surface area contributed by atoms with E-state index in [1.54, 1.807) is 24.1 Å². The molecule has 1 fully saturated rings. The monoisotopic (exact) mass is 491 g/mol. The van der Waals surface area contributed by atoms with E-state index >= 15 is 0 Å². The molecule has 0 bridgehead atoms. The Labute approximate surface area is 208 Å². The van der Waals surface area contributed by atoms with E-state index in [-0.39, 0.29) is 18.0 Å². The molecule has 4 rings (SSSR count). The van der Waals surface area contributed by atoms with Crippen molar-refractivity contribution in [2.24, 2.45) is 4.99 Å². The Kier molecular flexibility index (Phi) is 7.82. The number of thioether (sulfide) groups is 1. The maximum absolute atomic E-state index is 13.9. The van der Waals surface area contributed by atoms with Gasteiger partial charge in [-0.15, -0.1) is 0 Å². The van der Waals surface area contributed by atoms with E-state index in [0.717, 1.165) is 22.6 Å². The van der Waals surface area contributed by atoms with Gasteiger partial charge in [0.05, 0.1) is 18.5 Å². The summed E-state index contributed by atoms with van der Waals surface area (Å²) < 4.78 is 19.1. The second-order valence-corrected chi connectivity index (χ2v) is 9.33. The van der Waals surface area contributed by atoms with Gasteiger partial charge in [0.15, 0.2) is 5.17 Å². The van der Waals surface area contributed by atoms with Crippen molar-refractivity contribution in [3.63, 3.8) is 0 Å². The van der Waals surface area contributed by atoms with Crippen LogP contribution in [0.4, 0.5) is 15.8 Å². The van der Waals surface area contributed by atoms with Gasteiger partial charge in [-0.1, -0.05) is 48.2 Å². The summed E-state index contributed by atoms with van der Waals surface area (Å²) in [4.78, 5) is 32.3. The Morgan fingerprint density at radius 2 is 1.89 bits per heavy atom. The molecule has 3 aromatic carbocycles. The largest absolute Gasteiger partial charge is 0.497 e. The van der Waals surface area contributed by atoms with Gasteiger partial charge in [-0.2, -0.15) is 0 Å². The minimum absolute atomic E-state index is 0.0797. The third-order valence-corrected chi connectivity index (χ3v) is 6.72. The number of anilines is 1. The number of methoxy groups -OCH3 is 1. The number of hydrogen-bond acceptors (Lipinski definition) is 5. The maximum Gasteiger partial charge on any atom is 0.242 e. The molecule has 1 N–H and O–H groups in total. The van der Waals surface area contributed by atoms with Gasteiger partial charge in [-0.3, -0.25) is 14.5 Å². The molecule has 1 aliphatic heterocycles. The number of halogens is 1. The van der Waals surface area contributed by atoms with Crippen LogP contribution in [-0.2, 0) is 16.0 Å². The van der Waals surface area contributed by atoms with Crippen molar-refractivity contribution in [3.05, 3.63) is 89.7 Å². The van der Waals surface area contributed by atoms with Crippen molar-refractivity contribution in [2.75, 3.05) is 19.0 Å². The first-order valence-electron chi connectivity index (χ1n) is 11.2. The molecule has 1 atom stereocenters. The molecule has 8 heteroatoms. The van der Waals surface area contributed by atoms with Crippen LogP contribution in [0.2, 0.25) is 0 Å². The molecule has 1 saturated heterocycles. The van der Waals surface area contributed by atoms with Crippen molar-refractivity contribution >= 4 is 40.1 Å². The highest BCUT2D eigenvalue weighted by Gasteiger charge is 2.39. The number of para-hydroxylation sites is 1. The number of aliphatic imine (C=N–C) groups is 1. The standard InChI is InChI=1S/C27H26FN3O3S/c1-18-6-5-7-20(16-18)29-27-31(15-14-19-10-12-21(34-2)13-11-19)26(33)24(35-27)17-25(32)30-23-9-4-3-8-22(23)28/h3-13,16,24H,14-15,17H2,1-2H3,(H,30,32). The van der Waals surface area contributed by atoms with Crippen molar-refractivity contribution in [2.45, 2.75) is 25.0 Å². The predicted octanol–water partition coefficient (Wildman–Crippen LogP) is 5.35. The highest BCUT2D eigenvalue weighted by atomic mass is 32.2. The van der Waals surface area contributed by atoms with Gasteiger partial charge in [0.2, 0.25) is 11.8 Å². The molecular formula is C27H26FN3O3S. The number of carbonyl (C=O) groups is 2. The molecule has 1 heterocycles. The van der Waals surface area contributed by atoms with Gasteiger partial charge < -0.3 is 10.1 Å². The average Bonchev–Trinajstić information content (AvgIpc) is 3.13. The summed E-state index contributed by atoms with van der Waals surface area (Å²) >= 11 is 1.26. The molecule has 6 nitrogen and oxygen atoms in total. The lowest BCUT2D eigenvalue weighted by atomic mass is 10.1. The lowest BCUT2D eigenvalue weighted by Crippen LogP contribution is -2.35. The fourth-order valence-electron chi connectivity index (χ4n) is 3.70. The summed E-state index contributed by atoms with van der Waals surface area (Å²) in [5.74, 6) is -0.357. The van der Waals surface area contributed by atoms with Crippen LogP contribution >= 0.6 is 11.8 Å². The fraction of sp³-hybridized carbons (Fsp3) is 0.222. The predicted molar refractivity (Wildman–Crippen MR) is 138 cm³/mol. The van der Waals surface area contributed by atoms with E-state index in [0.29, 0.717) is 18.1 Å². The van der Waals surface area contributed by atoms with Gasteiger partial charge in [0.25, 0.3) is 0 Å². The van der Waals surface area contributed by atoms with Crippen molar-refractivity contribution < 1.29 is 18.7 Å². The number of nitrogens with one attached hydrogen (secondary N) is 1. The average molecular weight is 492 g/mol. The molecule has 0 aromatic heterocycles. The number of carbonyl (C=O) groups excluding carboxylic acids is 2. The SMILES string of the molecule is COc1ccc(CCN2C(=O)C(CC(=O)Nc3ccccc3F)SC2=Nc2cccc(C)c2)cc1. The van der Waals surface area contributed by atoms with Gasteiger partial charge in [0.1, 0.15) is 16.8 Å². The molecule has 3 aromatic rings. The van der Waals surface area contributed by atoms with E-state index in [4.69, 9.17) is 9.73 Å². The van der Waals surface area contributed by atoms with Crippen molar-refractivity contribution in [1.82, 2.24) is 4.90 Å². The lowest BCUT2D eigenvalue weighted by Gasteiger charge is -2.17. The Hall–Kier alpha value is -3.65. The molecule has 180 valence electrons. The summed E-state index contributed by atoms with van der Waals surface area (Å²) in [5, 5.41) is 2.48. The highest BCUT2D eigenvalue weighted by molar-refractivity contribution is 8.15. The summed E-state index contributed by atoms with van der Waals surface area (Å²) in [6, 6.07) is 21.4. The Balaban J connectivity index is 1.51. The van der Waals surface area contributed by atoms with E-state index in [1.807, 2.05) is 55.5 Å². The summed E-state index contributed by atoms with van der Waals surface area (Å²) in [6.45, 7) is 2.40. The smallest absolute Gasteiger partial charge is 0.242 e. The van der Waals surface area contributed by atoms with E-state index in [1.165, 1.54) is 23.9 Å². The third-order valence-electron chi connectivity index (χ3n) is 5.55. The molecular weight excluding hydrogens is 465 g/mol. The zero-order chi connectivity index (χ0) is 24.8. The first-order chi connectivity index (χ1) is 16.9. The number of rotatable bonds is 8. The minimum atomic E-state index is -0.638. The zero-order valence-electron chi connectivity index (χ0n) is 19.5. The molecule has 0 saturated carbocycles. The number of nitrogens with zero attached hydrogens (tertiary/aromatic N) is 2. The lowest BCUT2D eigenvalue weighted by molar-refractivity contribution is -0.128. The van der Waals surface area contributed by atoms with Crippen LogP contribution in [0.5, 0.6) is 5.75 Å². The molecule has 1 aliphatic rings. The Bertz CT molecular complexity index is 1250. The van der Waals surface area contributed by atoms with Gasteiger partial charge in [-0.05, 0) is 60.9 Å². The fourth-order valence-corrected chi connectivity index (χ4v) is 4.89. The Morgan fingerprint density at radius 1 is 1.11 bits per heavy atom. The first kappa shape index (κ1) is 24.5. The first-order valence-corrected chi connectivity index (χ1v) is 12.1. The summed E-state index contributed by atoms with van der Waals surface area (Å²) in [6.07, 6.45) is 0.543. The number of benzene rings is 3. The van der Waals surface area contributed by atoms with E-state index < -0.39 is 17.0 Å². The zero-order valence-corrected chi connectivity index (χ0v) is 20.3. The van der Waals surface area contributed by atoms with Crippen molar-refractivity contribution in [3.8, 4) is 5.75 Å². The normalized spacial score (nSPS) is 16.5. The van der Waals surface area contributed by atoms with Crippen molar-refractivity contribution in [1.29, 1.82) is 0 Å². The highest BCUT2D eigenvalue weighted by Crippen LogP contribution is 2.32. The second kappa shape index (κ2) is 11.2. The number of aryl methyl sites for hydroxylation is 1. The molecule has 0 radical (unpaired) electrons. The number of amides is 2. The van der Waals surface area contributed by atoms with Gasteiger partial charge in [0, 0.05) is 13.0 Å². The molecule has 1 unspecified atom stereocenters. The minimum Gasteiger partial charge on any atom is -0.497 e. The van der Waals surface area contributed by atoms with Crippen LogP contribution in [0.1, 0.15) is 17.5 Å². The maximum atomic E-state index is 13.9. The number of ether oxygens (including phenoxy) is 1. The number of amidine groups is 1. The van der Waals surface area contributed by atoms with Crippen LogP contribution in [0, 0.1) is 12.7 Å². The van der Waals surface area contributed by atoms with E-state index in [2.05, 4.69) is 5.32 Å². The van der Waals surface area contributed by atoms with Crippen LogP contribution in [0.25, 0.3) is 0 Å². The number of hydrogen-bond donors (Lipinski definition) is 1. The van der Waals surface area contributed by atoms with Gasteiger partial charge >= 0.3 is 0 Å². The van der Waals surface area contributed by atoms with Crippen LogP contribution < -0.4 is 10.1 Å². The summed E-state index contributed by atoms with van der Waals surface area (Å²) in [7, 11) is 1.62. The van der Waals surface area contributed by atoms with E-state index in [9.17, 15) is 14.0 Å². The quantitative estimate of drug-likeness (QED) is 0.461. The van der Waals surface area contributed by atoms with Crippen LogP contribution in [0.15, 0.2) is 77.8 Å². The molecule has 35 heavy (non-hydrogen) atoms.